The smallest absolute Gasteiger partial charge is 0.261 e. The number of carbonyl (C=O) groups is 2. The predicted octanol–water partition coefficient (Wildman–Crippen LogP) is 2.47. The van der Waals surface area contributed by atoms with Crippen LogP contribution < -0.4 is 0 Å². The number of amides is 2. The maximum absolute atomic E-state index is 12.3. The molecule has 0 bridgehead atoms. The van der Waals surface area contributed by atoms with Gasteiger partial charge >= 0.3 is 0 Å². The van der Waals surface area contributed by atoms with Crippen LogP contribution in [-0.2, 0) is 17.8 Å². The van der Waals surface area contributed by atoms with Crippen LogP contribution in [0.15, 0.2) is 41.8 Å². The Morgan fingerprint density at radius 3 is 2.72 bits per heavy atom. The Bertz CT molecular complexity index is 604. The fourth-order valence-electron chi connectivity index (χ4n) is 2.12. The highest BCUT2D eigenvalue weighted by atomic mass is 32.1. The Balaban J connectivity index is 1.93. The molecule has 1 aliphatic rings. The molecule has 3 rings (SSSR count). The molecule has 0 saturated heterocycles. The third-order valence-corrected chi connectivity index (χ3v) is 3.89. The fraction of sp³-hybridized carbons (Fsp3) is 0.143. The molecular formula is C14H11NO2S. The molecule has 0 spiro atoms. The molecule has 3 nitrogen and oxygen atoms in total. The van der Waals surface area contributed by atoms with Gasteiger partial charge in [0.2, 0.25) is 5.91 Å². The van der Waals surface area contributed by atoms with E-state index in [9.17, 15) is 9.59 Å². The van der Waals surface area contributed by atoms with E-state index in [1.165, 1.54) is 4.90 Å². The van der Waals surface area contributed by atoms with E-state index in [1.807, 2.05) is 35.7 Å². The lowest BCUT2D eigenvalue weighted by molar-refractivity contribution is -0.128. The van der Waals surface area contributed by atoms with Crippen LogP contribution in [0.4, 0.5) is 0 Å². The summed E-state index contributed by atoms with van der Waals surface area (Å²) in [6.07, 6.45) is 0.313. The number of rotatable bonds is 2. The molecule has 0 saturated carbocycles. The predicted molar refractivity (Wildman–Crippen MR) is 69.3 cm³/mol. The quantitative estimate of drug-likeness (QED) is 0.775. The Labute approximate surface area is 109 Å². The minimum atomic E-state index is -0.185. The highest BCUT2D eigenvalue weighted by molar-refractivity contribution is 7.09. The number of hydrogen-bond donors (Lipinski definition) is 0. The van der Waals surface area contributed by atoms with Crippen LogP contribution in [0, 0.1) is 0 Å². The molecular weight excluding hydrogens is 246 g/mol. The third-order valence-electron chi connectivity index (χ3n) is 3.03. The van der Waals surface area contributed by atoms with Gasteiger partial charge in [-0.05, 0) is 23.1 Å². The van der Waals surface area contributed by atoms with Gasteiger partial charge < -0.3 is 0 Å². The summed E-state index contributed by atoms with van der Waals surface area (Å²) >= 11 is 1.56. The second-order valence-corrected chi connectivity index (χ2v) is 5.23. The molecule has 2 heterocycles. The summed E-state index contributed by atoms with van der Waals surface area (Å²) in [5.41, 5.74) is 1.48. The fourth-order valence-corrected chi connectivity index (χ4v) is 2.81. The summed E-state index contributed by atoms with van der Waals surface area (Å²) in [6.45, 7) is 0.379. The lowest BCUT2D eigenvalue weighted by atomic mass is 9.98. The molecule has 4 heteroatoms. The Kier molecular flexibility index (Phi) is 2.72. The molecule has 0 aliphatic carbocycles. The second-order valence-electron chi connectivity index (χ2n) is 4.20. The van der Waals surface area contributed by atoms with Crippen LogP contribution in [0.3, 0.4) is 0 Å². The summed E-state index contributed by atoms with van der Waals surface area (Å²) < 4.78 is 0. The second kappa shape index (κ2) is 4.38. The van der Waals surface area contributed by atoms with Crippen molar-refractivity contribution < 1.29 is 9.59 Å². The van der Waals surface area contributed by atoms with Gasteiger partial charge in [0.25, 0.3) is 5.91 Å². The van der Waals surface area contributed by atoms with Crippen molar-refractivity contribution in [1.82, 2.24) is 4.90 Å². The first kappa shape index (κ1) is 11.2. The van der Waals surface area contributed by atoms with Crippen LogP contribution in [0.2, 0.25) is 0 Å². The van der Waals surface area contributed by atoms with Crippen molar-refractivity contribution in [1.29, 1.82) is 0 Å². The lowest BCUT2D eigenvalue weighted by Gasteiger charge is -2.26. The van der Waals surface area contributed by atoms with Crippen LogP contribution in [-0.4, -0.2) is 16.7 Å². The maximum atomic E-state index is 12.3. The standard InChI is InChI=1S/C14H11NO2S/c16-13-8-10-4-1-2-6-12(10)14(17)15(13)9-11-5-3-7-18-11/h1-7H,8-9H2. The molecule has 0 radical (unpaired) electrons. The van der Waals surface area contributed by atoms with Crippen molar-refractivity contribution in [2.45, 2.75) is 13.0 Å². The summed E-state index contributed by atoms with van der Waals surface area (Å²) in [7, 11) is 0. The first-order valence-electron chi connectivity index (χ1n) is 5.70. The van der Waals surface area contributed by atoms with E-state index in [2.05, 4.69) is 0 Å². The normalized spacial score (nSPS) is 14.8. The monoisotopic (exact) mass is 257 g/mol. The van der Waals surface area contributed by atoms with Crippen LogP contribution in [0.5, 0.6) is 0 Å². The summed E-state index contributed by atoms with van der Waals surface area (Å²) in [5.74, 6) is -0.303. The topological polar surface area (TPSA) is 37.4 Å². The number of carbonyl (C=O) groups excluding carboxylic acids is 2. The minimum Gasteiger partial charge on any atom is -0.274 e. The molecule has 1 aliphatic heterocycles. The maximum Gasteiger partial charge on any atom is 0.261 e. The number of nitrogens with zero attached hydrogens (tertiary/aromatic N) is 1. The van der Waals surface area contributed by atoms with Gasteiger partial charge in [0.15, 0.2) is 0 Å². The van der Waals surface area contributed by atoms with Crippen molar-refractivity contribution in [3.8, 4) is 0 Å². The van der Waals surface area contributed by atoms with Crippen molar-refractivity contribution >= 4 is 23.2 Å². The number of thiophene rings is 1. The zero-order valence-electron chi connectivity index (χ0n) is 9.63. The largest absolute Gasteiger partial charge is 0.274 e. The highest BCUT2D eigenvalue weighted by Crippen LogP contribution is 2.22. The van der Waals surface area contributed by atoms with Crippen LogP contribution in [0.1, 0.15) is 20.8 Å². The minimum absolute atomic E-state index is 0.118. The molecule has 1 aromatic heterocycles. The number of imide groups is 1. The molecule has 0 atom stereocenters. The van der Waals surface area contributed by atoms with Gasteiger partial charge in [-0.15, -0.1) is 11.3 Å². The number of benzene rings is 1. The van der Waals surface area contributed by atoms with Crippen LogP contribution >= 0.6 is 11.3 Å². The van der Waals surface area contributed by atoms with Gasteiger partial charge in [-0.2, -0.15) is 0 Å². The zero-order chi connectivity index (χ0) is 12.5. The summed E-state index contributed by atoms with van der Waals surface area (Å²) in [4.78, 5) is 26.6. The van der Waals surface area contributed by atoms with Crippen molar-refractivity contribution in [3.05, 3.63) is 57.8 Å². The van der Waals surface area contributed by atoms with Crippen molar-refractivity contribution in [3.63, 3.8) is 0 Å². The van der Waals surface area contributed by atoms with Gasteiger partial charge in [-0.1, -0.05) is 24.3 Å². The molecule has 90 valence electrons. The molecule has 0 unspecified atom stereocenters. The van der Waals surface area contributed by atoms with Gasteiger partial charge in [0.1, 0.15) is 0 Å². The molecule has 0 fully saturated rings. The lowest BCUT2D eigenvalue weighted by Crippen LogP contribution is -2.41. The summed E-state index contributed by atoms with van der Waals surface area (Å²) in [6, 6.07) is 11.2. The molecule has 0 N–H and O–H groups in total. The van der Waals surface area contributed by atoms with Crippen LogP contribution in [0.25, 0.3) is 0 Å². The van der Waals surface area contributed by atoms with Gasteiger partial charge in [0.05, 0.1) is 13.0 Å². The van der Waals surface area contributed by atoms with E-state index in [0.717, 1.165) is 10.4 Å². The van der Waals surface area contributed by atoms with E-state index in [0.29, 0.717) is 18.5 Å². The average Bonchev–Trinajstić information content (AvgIpc) is 2.87. The van der Waals surface area contributed by atoms with Crippen molar-refractivity contribution in [2.75, 3.05) is 0 Å². The van der Waals surface area contributed by atoms with Gasteiger partial charge in [-0.3, -0.25) is 14.5 Å². The first-order valence-corrected chi connectivity index (χ1v) is 6.58. The third kappa shape index (κ3) is 1.84. The van der Waals surface area contributed by atoms with Gasteiger partial charge in [0, 0.05) is 10.4 Å². The average molecular weight is 257 g/mol. The zero-order valence-corrected chi connectivity index (χ0v) is 10.4. The SMILES string of the molecule is O=C1Cc2ccccc2C(=O)N1Cc1cccs1. The molecule has 2 amide bonds. The van der Waals surface area contributed by atoms with Gasteiger partial charge in [-0.25, -0.2) is 0 Å². The molecule has 2 aromatic rings. The van der Waals surface area contributed by atoms with E-state index >= 15 is 0 Å². The first-order chi connectivity index (χ1) is 8.75. The Morgan fingerprint density at radius 1 is 1.11 bits per heavy atom. The molecule has 18 heavy (non-hydrogen) atoms. The Hall–Kier alpha value is -1.94. The summed E-state index contributed by atoms with van der Waals surface area (Å²) in [5, 5.41) is 1.95. The molecule has 1 aromatic carbocycles. The van der Waals surface area contributed by atoms with E-state index in [1.54, 1.807) is 17.4 Å². The van der Waals surface area contributed by atoms with Crippen molar-refractivity contribution in [2.24, 2.45) is 0 Å². The highest BCUT2D eigenvalue weighted by Gasteiger charge is 2.30. The Morgan fingerprint density at radius 2 is 1.94 bits per heavy atom. The van der Waals surface area contributed by atoms with E-state index in [-0.39, 0.29) is 11.8 Å². The number of hydrogen-bond acceptors (Lipinski definition) is 3. The number of fused-ring (bicyclic) bond motifs is 1. The van der Waals surface area contributed by atoms with E-state index in [4.69, 9.17) is 0 Å². The van der Waals surface area contributed by atoms with E-state index < -0.39 is 0 Å².